The molecular weight excluding hydrogens is 280 g/mol. The third-order valence-corrected chi connectivity index (χ3v) is 3.40. The number of hydrogen-bond acceptors (Lipinski definition) is 4. The molecule has 1 heterocycles. The lowest BCUT2D eigenvalue weighted by Gasteiger charge is -2.08. The molecule has 0 spiro atoms. The molecule has 0 radical (unpaired) electrons. The van der Waals surface area contributed by atoms with Gasteiger partial charge in [0.25, 0.3) is 0 Å². The molecule has 0 aliphatic heterocycles. The number of nitrogens with zero attached hydrogens (tertiary/aromatic N) is 4. The van der Waals surface area contributed by atoms with Crippen LogP contribution in [-0.2, 0) is 6.54 Å². The van der Waals surface area contributed by atoms with Crippen molar-refractivity contribution in [3.05, 3.63) is 70.1 Å². The number of aryl methyl sites for hydroxylation is 1. The quantitative estimate of drug-likeness (QED) is 0.736. The largest absolute Gasteiger partial charge is 0.496 e. The second-order valence-electron chi connectivity index (χ2n) is 4.98. The van der Waals surface area contributed by atoms with Gasteiger partial charge in [-0.1, -0.05) is 35.9 Å². The third-order valence-electron chi connectivity index (χ3n) is 3.40. The van der Waals surface area contributed by atoms with E-state index in [1.807, 2.05) is 55.5 Å². The number of benzene rings is 2. The average molecular weight is 296 g/mol. The lowest BCUT2D eigenvalue weighted by atomic mass is 10.1. The Bertz CT molecular complexity index is 837. The molecule has 3 aromatic rings. The molecule has 0 unspecified atom stereocenters. The lowest BCUT2D eigenvalue weighted by molar-refractivity contribution is 0.406. The first-order valence-electron chi connectivity index (χ1n) is 6.91. The first-order chi connectivity index (χ1) is 10.7. The molecule has 2 aromatic carbocycles. The predicted molar refractivity (Wildman–Crippen MR) is 82.5 cm³/mol. The van der Waals surface area contributed by atoms with Crippen LogP contribution < -0.4 is 10.4 Å². The molecule has 0 atom stereocenters. The van der Waals surface area contributed by atoms with E-state index in [1.54, 1.807) is 7.11 Å². The van der Waals surface area contributed by atoms with Gasteiger partial charge in [0.05, 0.1) is 19.3 Å². The Morgan fingerprint density at radius 2 is 1.86 bits per heavy atom. The highest BCUT2D eigenvalue weighted by molar-refractivity contribution is 5.37. The van der Waals surface area contributed by atoms with Crippen LogP contribution in [0.25, 0.3) is 5.69 Å². The Kier molecular flexibility index (Phi) is 3.74. The number of aromatic nitrogens is 4. The fourth-order valence-electron chi connectivity index (χ4n) is 2.30. The molecule has 0 aliphatic carbocycles. The summed E-state index contributed by atoms with van der Waals surface area (Å²) in [6.07, 6.45) is 0. The summed E-state index contributed by atoms with van der Waals surface area (Å²) in [7, 11) is 1.61. The molecule has 0 aliphatic rings. The first kappa shape index (κ1) is 14.1. The van der Waals surface area contributed by atoms with Gasteiger partial charge in [0.2, 0.25) is 0 Å². The minimum atomic E-state index is -0.283. The molecule has 0 fully saturated rings. The standard InChI is InChI=1S/C16H16N4O2/c1-12-8-9-15(22-2)13(10-12)11-19-16(21)20(18-17-19)14-6-4-3-5-7-14/h3-10H,11H2,1-2H3. The van der Waals surface area contributed by atoms with Crippen molar-refractivity contribution in [2.75, 3.05) is 7.11 Å². The van der Waals surface area contributed by atoms with E-state index >= 15 is 0 Å². The fraction of sp³-hybridized carbons (Fsp3) is 0.188. The number of hydrogen-bond donors (Lipinski definition) is 0. The highest BCUT2D eigenvalue weighted by Crippen LogP contribution is 2.19. The third kappa shape index (κ3) is 2.63. The van der Waals surface area contributed by atoms with Crippen molar-refractivity contribution in [2.24, 2.45) is 0 Å². The van der Waals surface area contributed by atoms with Crippen molar-refractivity contribution in [1.29, 1.82) is 0 Å². The molecule has 0 amide bonds. The number of para-hydroxylation sites is 1. The Morgan fingerprint density at radius 1 is 1.09 bits per heavy atom. The summed E-state index contributed by atoms with van der Waals surface area (Å²) < 4.78 is 7.94. The van der Waals surface area contributed by atoms with Crippen LogP contribution in [0.15, 0.2) is 53.3 Å². The molecule has 3 rings (SSSR count). The van der Waals surface area contributed by atoms with E-state index in [9.17, 15) is 4.79 Å². The summed E-state index contributed by atoms with van der Waals surface area (Å²) in [4.78, 5) is 12.4. The minimum Gasteiger partial charge on any atom is -0.496 e. The summed E-state index contributed by atoms with van der Waals surface area (Å²) in [6.45, 7) is 2.31. The van der Waals surface area contributed by atoms with E-state index in [1.165, 1.54) is 9.36 Å². The molecule has 1 aromatic heterocycles. The number of rotatable bonds is 4. The van der Waals surface area contributed by atoms with Crippen molar-refractivity contribution in [3.63, 3.8) is 0 Å². The monoisotopic (exact) mass is 296 g/mol. The lowest BCUT2D eigenvalue weighted by Crippen LogP contribution is -2.24. The predicted octanol–water partition coefficient (Wildman–Crippen LogP) is 1.79. The Balaban J connectivity index is 1.97. The Morgan fingerprint density at radius 3 is 2.59 bits per heavy atom. The van der Waals surface area contributed by atoms with Gasteiger partial charge < -0.3 is 4.74 Å². The SMILES string of the molecule is COc1ccc(C)cc1Cn1nnn(-c2ccccc2)c1=O. The normalized spacial score (nSPS) is 10.6. The van der Waals surface area contributed by atoms with Crippen molar-refractivity contribution in [1.82, 2.24) is 19.8 Å². The summed E-state index contributed by atoms with van der Waals surface area (Å²) >= 11 is 0. The molecule has 0 saturated heterocycles. The van der Waals surface area contributed by atoms with E-state index in [0.717, 1.165) is 16.9 Å². The molecule has 6 nitrogen and oxygen atoms in total. The first-order valence-corrected chi connectivity index (χ1v) is 6.91. The average Bonchev–Trinajstić information content (AvgIpc) is 2.89. The fourth-order valence-corrected chi connectivity index (χ4v) is 2.30. The van der Waals surface area contributed by atoms with Gasteiger partial charge in [-0.2, -0.15) is 9.36 Å². The summed E-state index contributed by atoms with van der Waals surface area (Å²) in [6, 6.07) is 15.0. The molecule has 6 heteroatoms. The molecule has 0 saturated carbocycles. The zero-order chi connectivity index (χ0) is 15.5. The van der Waals surface area contributed by atoms with E-state index in [2.05, 4.69) is 10.4 Å². The number of ether oxygens (including phenoxy) is 1. The van der Waals surface area contributed by atoms with Gasteiger partial charge in [-0.05, 0) is 35.5 Å². The summed E-state index contributed by atoms with van der Waals surface area (Å²) in [5.41, 5.74) is 2.40. The van der Waals surface area contributed by atoms with Crippen LogP contribution >= 0.6 is 0 Å². The van der Waals surface area contributed by atoms with Crippen molar-refractivity contribution < 1.29 is 4.74 Å². The van der Waals surface area contributed by atoms with Gasteiger partial charge in [0.15, 0.2) is 0 Å². The zero-order valence-corrected chi connectivity index (χ0v) is 12.4. The van der Waals surface area contributed by atoms with E-state index in [-0.39, 0.29) is 5.69 Å². The molecular formula is C16H16N4O2. The second kappa shape index (κ2) is 5.85. The maximum Gasteiger partial charge on any atom is 0.368 e. The van der Waals surface area contributed by atoms with Crippen LogP contribution in [-0.4, -0.2) is 26.9 Å². The van der Waals surface area contributed by atoms with Crippen LogP contribution in [0, 0.1) is 6.92 Å². The van der Waals surface area contributed by atoms with E-state index < -0.39 is 0 Å². The molecule has 0 bridgehead atoms. The van der Waals surface area contributed by atoms with Crippen molar-refractivity contribution in [3.8, 4) is 11.4 Å². The van der Waals surface area contributed by atoms with Crippen molar-refractivity contribution >= 4 is 0 Å². The number of methoxy groups -OCH3 is 1. The highest BCUT2D eigenvalue weighted by Gasteiger charge is 2.11. The molecule has 0 N–H and O–H groups in total. The van der Waals surface area contributed by atoms with Gasteiger partial charge in [-0.25, -0.2) is 4.79 Å². The zero-order valence-electron chi connectivity index (χ0n) is 12.4. The smallest absolute Gasteiger partial charge is 0.368 e. The van der Waals surface area contributed by atoms with Crippen LogP contribution in [0.1, 0.15) is 11.1 Å². The highest BCUT2D eigenvalue weighted by atomic mass is 16.5. The van der Waals surface area contributed by atoms with Gasteiger partial charge >= 0.3 is 5.69 Å². The Hall–Kier alpha value is -2.89. The van der Waals surface area contributed by atoms with Crippen LogP contribution in [0.5, 0.6) is 5.75 Å². The Labute approximate surface area is 127 Å². The topological polar surface area (TPSA) is 61.9 Å². The molecule has 22 heavy (non-hydrogen) atoms. The maximum atomic E-state index is 12.4. The summed E-state index contributed by atoms with van der Waals surface area (Å²) in [5.74, 6) is 0.728. The molecule has 112 valence electrons. The number of tetrazole rings is 1. The van der Waals surface area contributed by atoms with Gasteiger partial charge in [-0.3, -0.25) is 0 Å². The second-order valence-corrected chi connectivity index (χ2v) is 4.98. The van der Waals surface area contributed by atoms with E-state index in [0.29, 0.717) is 12.2 Å². The van der Waals surface area contributed by atoms with Gasteiger partial charge in [0, 0.05) is 5.56 Å². The van der Waals surface area contributed by atoms with Gasteiger partial charge in [0.1, 0.15) is 5.75 Å². The minimum absolute atomic E-state index is 0.283. The van der Waals surface area contributed by atoms with E-state index in [4.69, 9.17) is 4.74 Å². The van der Waals surface area contributed by atoms with Gasteiger partial charge in [-0.15, -0.1) is 0 Å². The maximum absolute atomic E-state index is 12.4. The summed E-state index contributed by atoms with van der Waals surface area (Å²) in [5, 5.41) is 7.89. The van der Waals surface area contributed by atoms with Crippen molar-refractivity contribution in [2.45, 2.75) is 13.5 Å². The van der Waals surface area contributed by atoms with Crippen LogP contribution in [0.2, 0.25) is 0 Å². The van der Waals surface area contributed by atoms with Crippen LogP contribution in [0.3, 0.4) is 0 Å². The van der Waals surface area contributed by atoms with Crippen LogP contribution in [0.4, 0.5) is 0 Å².